The second-order valence-electron chi connectivity index (χ2n) is 5.63. The van der Waals surface area contributed by atoms with E-state index in [0.717, 1.165) is 28.8 Å². The molecule has 0 atom stereocenters. The van der Waals surface area contributed by atoms with Crippen LogP contribution in [0.1, 0.15) is 16.7 Å². The lowest BCUT2D eigenvalue weighted by molar-refractivity contribution is -0.137. The Hall–Kier alpha value is -2.74. The second kappa shape index (κ2) is 6.87. The number of hydrogen-bond acceptors (Lipinski definition) is 4. The van der Waals surface area contributed by atoms with Gasteiger partial charge in [0.25, 0.3) is 11.1 Å². The molecule has 1 aliphatic heterocycles. The third-order valence-corrected chi connectivity index (χ3v) is 4.61. The third kappa shape index (κ3) is 3.91. The van der Waals surface area contributed by atoms with Crippen molar-refractivity contribution in [3.8, 4) is 0 Å². The van der Waals surface area contributed by atoms with Crippen molar-refractivity contribution in [1.29, 1.82) is 0 Å². The summed E-state index contributed by atoms with van der Waals surface area (Å²) in [5, 5.41) is -0.468. The summed E-state index contributed by atoms with van der Waals surface area (Å²) in [6.07, 6.45) is -2.87. The van der Waals surface area contributed by atoms with Crippen molar-refractivity contribution >= 4 is 34.7 Å². The summed E-state index contributed by atoms with van der Waals surface area (Å²) in [5.41, 5.74) is 6.56. The van der Waals surface area contributed by atoms with Crippen LogP contribution < -0.4 is 5.73 Å². The molecule has 0 bridgehead atoms. The summed E-state index contributed by atoms with van der Waals surface area (Å²) in [7, 11) is 0. The van der Waals surface area contributed by atoms with E-state index in [1.54, 1.807) is 30.3 Å². The maximum absolute atomic E-state index is 12.6. The number of benzene rings is 2. The second-order valence-corrected chi connectivity index (χ2v) is 6.63. The molecule has 0 aromatic heterocycles. The predicted octanol–water partition coefficient (Wildman–Crippen LogP) is 4.52. The van der Waals surface area contributed by atoms with Crippen LogP contribution >= 0.6 is 11.8 Å². The van der Waals surface area contributed by atoms with Crippen LogP contribution in [0.4, 0.5) is 23.7 Å². The number of amides is 2. The Balaban J connectivity index is 1.77. The van der Waals surface area contributed by atoms with Crippen LogP contribution in [0.3, 0.4) is 0 Å². The first-order chi connectivity index (χ1) is 12.2. The fourth-order valence-electron chi connectivity index (χ4n) is 2.42. The first-order valence-electron chi connectivity index (χ1n) is 7.51. The number of alkyl halides is 3. The molecule has 3 rings (SSSR count). The molecule has 0 aliphatic carbocycles. The summed E-state index contributed by atoms with van der Waals surface area (Å²) in [5.74, 6) is -0.484. The molecular weight excluding hydrogens is 365 g/mol. The van der Waals surface area contributed by atoms with Crippen LogP contribution in [0.2, 0.25) is 0 Å². The zero-order valence-corrected chi connectivity index (χ0v) is 14.1. The summed E-state index contributed by atoms with van der Waals surface area (Å²) in [6.45, 7) is -0.0862. The molecule has 2 aromatic carbocycles. The predicted molar refractivity (Wildman–Crippen MR) is 93.8 cm³/mol. The van der Waals surface area contributed by atoms with Gasteiger partial charge in [0.15, 0.2) is 0 Å². The average molecular weight is 378 g/mol. The van der Waals surface area contributed by atoms with Gasteiger partial charge in [-0.05, 0) is 53.2 Å². The molecule has 134 valence electrons. The van der Waals surface area contributed by atoms with E-state index in [1.807, 2.05) is 0 Å². The van der Waals surface area contributed by atoms with Gasteiger partial charge in [-0.2, -0.15) is 13.2 Å². The van der Waals surface area contributed by atoms with Crippen molar-refractivity contribution in [3.05, 3.63) is 70.1 Å². The maximum atomic E-state index is 12.6. The Labute approximate surface area is 151 Å². The summed E-state index contributed by atoms with van der Waals surface area (Å²) >= 11 is 0.787. The summed E-state index contributed by atoms with van der Waals surface area (Å²) < 4.78 is 37.8. The number of halogens is 3. The molecule has 0 radical (unpaired) electrons. The van der Waals surface area contributed by atoms with E-state index < -0.39 is 22.9 Å². The molecule has 4 nitrogen and oxygen atoms in total. The normalized spacial score (nSPS) is 16.6. The van der Waals surface area contributed by atoms with Gasteiger partial charge < -0.3 is 5.73 Å². The molecule has 1 saturated heterocycles. The zero-order chi connectivity index (χ0) is 18.9. The Kier molecular flexibility index (Phi) is 4.78. The number of nitrogen functional groups attached to an aromatic ring is 1. The summed E-state index contributed by atoms with van der Waals surface area (Å²) in [4.78, 5) is 25.8. The molecule has 1 aliphatic rings. The van der Waals surface area contributed by atoms with Crippen LogP contribution in [0.25, 0.3) is 6.08 Å². The van der Waals surface area contributed by atoms with Gasteiger partial charge in [0.2, 0.25) is 0 Å². The van der Waals surface area contributed by atoms with Gasteiger partial charge in [-0.3, -0.25) is 14.5 Å². The Morgan fingerprint density at radius 2 is 1.77 bits per heavy atom. The smallest absolute Gasteiger partial charge is 0.399 e. The minimum absolute atomic E-state index is 0.0862. The van der Waals surface area contributed by atoms with Crippen LogP contribution in [0.5, 0.6) is 0 Å². The van der Waals surface area contributed by atoms with E-state index in [0.29, 0.717) is 16.8 Å². The van der Waals surface area contributed by atoms with Crippen LogP contribution in [-0.4, -0.2) is 16.0 Å². The first-order valence-corrected chi connectivity index (χ1v) is 8.33. The number of carbonyl (C=O) groups is 2. The number of rotatable bonds is 3. The molecule has 0 spiro atoms. The van der Waals surface area contributed by atoms with Crippen LogP contribution in [0, 0.1) is 0 Å². The molecule has 2 amide bonds. The third-order valence-electron chi connectivity index (χ3n) is 3.70. The largest absolute Gasteiger partial charge is 0.416 e. The average Bonchev–Trinajstić information content (AvgIpc) is 2.82. The SMILES string of the molecule is Nc1cccc(/C=C2\SC(=O)N(Cc3ccc(C(F)(F)F)cc3)C2=O)c1. The first kappa shape index (κ1) is 18.1. The molecule has 2 aromatic rings. The van der Waals surface area contributed by atoms with Gasteiger partial charge >= 0.3 is 6.18 Å². The van der Waals surface area contributed by atoms with E-state index >= 15 is 0 Å². The van der Waals surface area contributed by atoms with E-state index in [2.05, 4.69) is 0 Å². The Bertz CT molecular complexity index is 892. The quantitative estimate of drug-likeness (QED) is 0.630. The van der Waals surface area contributed by atoms with E-state index in [-0.39, 0.29) is 11.4 Å². The van der Waals surface area contributed by atoms with Gasteiger partial charge in [0.1, 0.15) is 0 Å². The van der Waals surface area contributed by atoms with Gasteiger partial charge in [-0.25, -0.2) is 0 Å². The molecule has 2 N–H and O–H groups in total. The van der Waals surface area contributed by atoms with Gasteiger partial charge in [0, 0.05) is 5.69 Å². The van der Waals surface area contributed by atoms with Crippen molar-refractivity contribution in [2.75, 3.05) is 5.73 Å². The number of anilines is 1. The minimum Gasteiger partial charge on any atom is -0.399 e. The standard InChI is InChI=1S/C18H13F3N2O2S/c19-18(20,21)13-6-4-11(5-7-13)10-23-16(24)15(26-17(23)25)9-12-2-1-3-14(22)8-12/h1-9H,10,22H2/b15-9-. The number of nitrogens with two attached hydrogens (primary N) is 1. The number of nitrogens with zero attached hydrogens (tertiary/aromatic N) is 1. The number of thioether (sulfide) groups is 1. The highest BCUT2D eigenvalue weighted by Gasteiger charge is 2.35. The van der Waals surface area contributed by atoms with E-state index in [4.69, 9.17) is 5.73 Å². The molecule has 0 saturated carbocycles. The number of imide groups is 1. The van der Waals surface area contributed by atoms with Crippen molar-refractivity contribution in [1.82, 2.24) is 4.90 Å². The molecule has 1 heterocycles. The van der Waals surface area contributed by atoms with Gasteiger partial charge in [-0.1, -0.05) is 24.3 Å². The number of carbonyl (C=O) groups excluding carboxylic acids is 2. The topological polar surface area (TPSA) is 63.4 Å². The van der Waals surface area contributed by atoms with Crippen LogP contribution in [0.15, 0.2) is 53.4 Å². The monoisotopic (exact) mass is 378 g/mol. The molecular formula is C18H13F3N2O2S. The van der Waals surface area contributed by atoms with Gasteiger partial charge in [0.05, 0.1) is 17.0 Å². The van der Waals surface area contributed by atoms with Crippen molar-refractivity contribution in [2.45, 2.75) is 12.7 Å². The Morgan fingerprint density at radius 3 is 2.38 bits per heavy atom. The van der Waals surface area contributed by atoms with E-state index in [1.165, 1.54) is 12.1 Å². The highest BCUT2D eigenvalue weighted by Crippen LogP contribution is 2.34. The van der Waals surface area contributed by atoms with Crippen molar-refractivity contribution in [3.63, 3.8) is 0 Å². The fourth-order valence-corrected chi connectivity index (χ4v) is 3.26. The minimum atomic E-state index is -4.43. The lowest BCUT2D eigenvalue weighted by Crippen LogP contribution is -2.27. The molecule has 0 unspecified atom stereocenters. The summed E-state index contributed by atoms with van der Waals surface area (Å²) in [6, 6.07) is 11.2. The highest BCUT2D eigenvalue weighted by atomic mass is 32.2. The number of hydrogen-bond donors (Lipinski definition) is 1. The van der Waals surface area contributed by atoms with Gasteiger partial charge in [-0.15, -0.1) is 0 Å². The highest BCUT2D eigenvalue weighted by molar-refractivity contribution is 8.18. The lowest BCUT2D eigenvalue weighted by Gasteiger charge is -2.13. The van der Waals surface area contributed by atoms with Crippen molar-refractivity contribution in [2.24, 2.45) is 0 Å². The molecule has 1 fully saturated rings. The molecule has 26 heavy (non-hydrogen) atoms. The maximum Gasteiger partial charge on any atom is 0.416 e. The van der Waals surface area contributed by atoms with E-state index in [9.17, 15) is 22.8 Å². The zero-order valence-electron chi connectivity index (χ0n) is 13.3. The van der Waals surface area contributed by atoms with Crippen molar-refractivity contribution < 1.29 is 22.8 Å². The fraction of sp³-hybridized carbons (Fsp3) is 0.111. The lowest BCUT2D eigenvalue weighted by atomic mass is 10.1. The molecule has 8 heteroatoms. The Morgan fingerprint density at radius 1 is 1.08 bits per heavy atom. The van der Waals surface area contributed by atoms with Crippen LogP contribution in [-0.2, 0) is 17.5 Å².